The molecule has 3 nitrogen and oxygen atoms in total. The Balaban J connectivity index is 0. The van der Waals surface area contributed by atoms with E-state index in [1.165, 1.54) is 0 Å². The van der Waals surface area contributed by atoms with Crippen LogP contribution in [0.15, 0.2) is 0 Å². The van der Waals surface area contributed by atoms with Crippen molar-refractivity contribution in [3.63, 3.8) is 0 Å². The van der Waals surface area contributed by atoms with Gasteiger partial charge < -0.3 is 14.7 Å². The molecule has 0 rings (SSSR count). The molecule has 0 aliphatic carbocycles. The van der Waals surface area contributed by atoms with E-state index in [4.69, 9.17) is 0 Å². The Labute approximate surface area is 120 Å². The van der Waals surface area contributed by atoms with E-state index in [0.717, 1.165) is 26.2 Å². The summed E-state index contributed by atoms with van der Waals surface area (Å²) in [7, 11) is 10.6. The van der Waals surface area contributed by atoms with E-state index in [-0.39, 0.29) is 45.5 Å². The van der Waals surface area contributed by atoms with Gasteiger partial charge in [0.05, 0.1) is 0 Å². The largest absolute Gasteiger partial charge is 0.308 e. The first kappa shape index (κ1) is 16.8. The Morgan fingerprint density at radius 1 is 0.615 bits per heavy atom. The average Bonchev–Trinajstić information content (AvgIpc) is 1.96. The molecule has 0 bridgehead atoms. The van der Waals surface area contributed by atoms with Crippen LogP contribution in [0.1, 0.15) is 0 Å². The number of nitrogens with zero attached hydrogens (tertiary/aromatic N) is 3. The quantitative estimate of drug-likeness (QED) is 0.606. The zero-order valence-electron chi connectivity index (χ0n) is 9.88. The van der Waals surface area contributed by atoms with Crippen LogP contribution in [-0.2, 0) is 0 Å². The van der Waals surface area contributed by atoms with Crippen LogP contribution in [0.4, 0.5) is 0 Å². The average molecular weight is 261 g/mol. The number of hydrogen-bond donors (Lipinski definition) is 0. The van der Waals surface area contributed by atoms with E-state index < -0.39 is 0 Å². The van der Waals surface area contributed by atoms with E-state index >= 15 is 0 Å². The maximum absolute atomic E-state index is 2.36. The molecule has 4 heteroatoms. The molecule has 0 aromatic carbocycles. The molecular weight excluding hydrogens is 238 g/mol. The van der Waals surface area contributed by atoms with Gasteiger partial charge in [-0.1, -0.05) is 0 Å². The molecule has 76 valence electrons. The number of hydrogen-bond acceptors (Lipinski definition) is 3. The van der Waals surface area contributed by atoms with Gasteiger partial charge in [0.1, 0.15) is 0 Å². The van der Waals surface area contributed by atoms with Gasteiger partial charge in [-0.15, -0.1) is 0 Å². The predicted octanol–water partition coefficient (Wildman–Crippen LogP) is -0.339. The zero-order valence-corrected chi connectivity index (χ0v) is 13.4. The minimum absolute atomic E-state index is 0. The molecule has 0 fully saturated rings. The van der Waals surface area contributed by atoms with Gasteiger partial charge in [0.2, 0.25) is 0 Å². The molecule has 2 radical (unpaired) electrons. The predicted molar refractivity (Wildman–Crippen MR) is 60.4 cm³/mol. The summed E-state index contributed by atoms with van der Waals surface area (Å²) in [5, 5.41) is 0. The normalized spacial score (nSPS) is 11.1. The Morgan fingerprint density at radius 2 is 0.923 bits per heavy atom. The molecule has 0 aliphatic rings. The Hall–Kier alpha value is 1.36. The Kier molecular flexibility index (Phi) is 12.8. The monoisotopic (exact) mass is 261 g/mol. The van der Waals surface area contributed by atoms with Gasteiger partial charge in [-0.2, -0.15) is 0 Å². The summed E-state index contributed by atoms with van der Waals surface area (Å²) < 4.78 is 0. The van der Waals surface area contributed by atoms with E-state index in [0.29, 0.717) is 0 Å². The number of likely N-dealkylation sites (N-methyl/N-ethyl adjacent to an activating group) is 3. The second-order valence-electron chi connectivity index (χ2n) is 3.91. The third-order valence-electron chi connectivity index (χ3n) is 1.86. The standard InChI is InChI=1S/C9H23N3.Sr/c1-10(2)6-8-12(5)9-7-11(3)4;/h6-9H2,1-5H3;. The van der Waals surface area contributed by atoms with Crippen molar-refractivity contribution in [1.82, 2.24) is 14.7 Å². The molecule has 0 saturated heterocycles. The van der Waals surface area contributed by atoms with Crippen molar-refractivity contribution in [3.05, 3.63) is 0 Å². The molecule has 13 heavy (non-hydrogen) atoms. The topological polar surface area (TPSA) is 9.72 Å². The van der Waals surface area contributed by atoms with Crippen LogP contribution in [0.3, 0.4) is 0 Å². The van der Waals surface area contributed by atoms with Crippen molar-refractivity contribution in [2.75, 3.05) is 61.4 Å². The van der Waals surface area contributed by atoms with Crippen molar-refractivity contribution in [1.29, 1.82) is 0 Å². The third kappa shape index (κ3) is 13.4. The van der Waals surface area contributed by atoms with Crippen LogP contribution < -0.4 is 0 Å². The summed E-state index contributed by atoms with van der Waals surface area (Å²) in [4.78, 5) is 6.79. The minimum atomic E-state index is 0. The van der Waals surface area contributed by atoms with E-state index in [9.17, 15) is 0 Å². The molecule has 0 amide bonds. The van der Waals surface area contributed by atoms with E-state index in [1.807, 2.05) is 0 Å². The van der Waals surface area contributed by atoms with Crippen molar-refractivity contribution in [2.24, 2.45) is 0 Å². The van der Waals surface area contributed by atoms with Crippen LogP contribution in [0.2, 0.25) is 0 Å². The summed E-state index contributed by atoms with van der Waals surface area (Å²) in [6.07, 6.45) is 0. The molecule has 0 aromatic heterocycles. The Morgan fingerprint density at radius 3 is 1.15 bits per heavy atom. The van der Waals surface area contributed by atoms with Gasteiger partial charge >= 0.3 is 0 Å². The first-order valence-corrected chi connectivity index (χ1v) is 4.50. The minimum Gasteiger partial charge on any atom is -0.308 e. The van der Waals surface area contributed by atoms with Crippen molar-refractivity contribution < 1.29 is 0 Å². The second kappa shape index (κ2) is 9.90. The first-order valence-electron chi connectivity index (χ1n) is 4.50. The van der Waals surface area contributed by atoms with Gasteiger partial charge in [-0.05, 0) is 35.2 Å². The second-order valence-corrected chi connectivity index (χ2v) is 3.91. The molecule has 0 atom stereocenters. The number of rotatable bonds is 6. The maximum atomic E-state index is 2.36. The molecule has 0 unspecified atom stereocenters. The summed E-state index contributed by atoms with van der Waals surface area (Å²) in [6, 6.07) is 0. The van der Waals surface area contributed by atoms with Crippen molar-refractivity contribution >= 4 is 45.5 Å². The fourth-order valence-electron chi connectivity index (χ4n) is 0.853. The fourth-order valence-corrected chi connectivity index (χ4v) is 0.853. The molecule has 0 aliphatic heterocycles. The van der Waals surface area contributed by atoms with Crippen molar-refractivity contribution in [2.45, 2.75) is 0 Å². The summed E-state index contributed by atoms with van der Waals surface area (Å²) in [6.45, 7) is 4.59. The van der Waals surface area contributed by atoms with Gasteiger partial charge in [0, 0.05) is 71.7 Å². The molecule has 0 N–H and O–H groups in total. The molecule has 0 spiro atoms. The van der Waals surface area contributed by atoms with Crippen LogP contribution >= 0.6 is 0 Å². The maximum Gasteiger partial charge on any atom is 0.0107 e. The fraction of sp³-hybridized carbons (Fsp3) is 1.00. The third-order valence-corrected chi connectivity index (χ3v) is 1.86. The van der Waals surface area contributed by atoms with E-state index in [2.05, 4.69) is 49.9 Å². The smallest absolute Gasteiger partial charge is 0.0107 e. The summed E-state index contributed by atoms with van der Waals surface area (Å²) in [5.74, 6) is 0. The molecule has 0 saturated carbocycles. The van der Waals surface area contributed by atoms with Crippen LogP contribution in [-0.4, -0.2) is 122 Å². The molecular formula is C9H23N3Sr. The summed E-state index contributed by atoms with van der Waals surface area (Å²) in [5.41, 5.74) is 0. The van der Waals surface area contributed by atoms with Gasteiger partial charge in [-0.3, -0.25) is 0 Å². The van der Waals surface area contributed by atoms with Crippen LogP contribution in [0.5, 0.6) is 0 Å². The van der Waals surface area contributed by atoms with Crippen molar-refractivity contribution in [3.8, 4) is 0 Å². The van der Waals surface area contributed by atoms with Gasteiger partial charge in [-0.25, -0.2) is 0 Å². The SMILES string of the molecule is CN(C)CCN(C)CCN(C)C.[Sr]. The van der Waals surface area contributed by atoms with Gasteiger partial charge in [0.15, 0.2) is 0 Å². The first-order chi connectivity index (χ1) is 5.52. The summed E-state index contributed by atoms with van der Waals surface area (Å²) >= 11 is 0. The van der Waals surface area contributed by atoms with Gasteiger partial charge in [0.25, 0.3) is 0 Å². The Bertz CT molecular complexity index is 95.0. The van der Waals surface area contributed by atoms with Crippen LogP contribution in [0, 0.1) is 0 Å². The molecule has 0 aromatic rings. The van der Waals surface area contributed by atoms with Crippen LogP contribution in [0.25, 0.3) is 0 Å². The zero-order chi connectivity index (χ0) is 9.56. The molecule has 0 heterocycles. The van der Waals surface area contributed by atoms with E-state index in [1.54, 1.807) is 0 Å².